The van der Waals surface area contributed by atoms with Crippen LogP contribution >= 0.6 is 0 Å². The fraction of sp³-hybridized carbons (Fsp3) is 0.250. The normalized spacial score (nSPS) is 14.9. The summed E-state index contributed by atoms with van der Waals surface area (Å²) in [5.41, 5.74) is 3.47. The first-order chi connectivity index (χ1) is 17.4. The molecule has 0 unspecified atom stereocenters. The summed E-state index contributed by atoms with van der Waals surface area (Å²) in [6, 6.07) is 21.8. The first-order valence-electron chi connectivity index (χ1n) is 11.7. The Morgan fingerprint density at radius 1 is 1.00 bits per heavy atom. The topological polar surface area (TPSA) is 97.0 Å². The van der Waals surface area contributed by atoms with Gasteiger partial charge in [-0.15, -0.1) is 0 Å². The molecule has 0 aliphatic carbocycles. The minimum Gasteiger partial charge on any atom is -0.497 e. The van der Waals surface area contributed by atoms with Crippen LogP contribution in [-0.4, -0.2) is 38.0 Å². The van der Waals surface area contributed by atoms with Crippen LogP contribution in [0.2, 0.25) is 0 Å². The molecule has 2 N–H and O–H groups in total. The third kappa shape index (κ3) is 6.21. The van der Waals surface area contributed by atoms with E-state index in [1.807, 2.05) is 31.2 Å². The molecule has 0 aromatic heterocycles. The number of carbonyl (C=O) groups excluding carboxylic acids is 3. The Balaban J connectivity index is 1.27. The second-order valence-electron chi connectivity index (χ2n) is 8.61. The van der Waals surface area contributed by atoms with Crippen LogP contribution in [0.25, 0.3) is 0 Å². The van der Waals surface area contributed by atoms with Crippen LogP contribution in [0.5, 0.6) is 11.5 Å². The van der Waals surface area contributed by atoms with Gasteiger partial charge in [0.1, 0.15) is 11.5 Å². The molecule has 4 rings (SSSR count). The van der Waals surface area contributed by atoms with E-state index in [1.165, 1.54) is 0 Å². The lowest BCUT2D eigenvalue weighted by molar-refractivity contribution is -0.126. The average Bonchev–Trinajstić information content (AvgIpc) is 3.29. The van der Waals surface area contributed by atoms with Gasteiger partial charge in [0.2, 0.25) is 11.8 Å². The van der Waals surface area contributed by atoms with Gasteiger partial charge in [-0.25, -0.2) is 0 Å². The van der Waals surface area contributed by atoms with E-state index in [-0.39, 0.29) is 30.7 Å². The van der Waals surface area contributed by atoms with Gasteiger partial charge in [0, 0.05) is 37.0 Å². The molecule has 8 heteroatoms. The summed E-state index contributed by atoms with van der Waals surface area (Å²) in [4.78, 5) is 39.1. The molecule has 3 aromatic carbocycles. The standard InChI is InChI=1S/C28H29N3O5/c1-19-6-3-4-7-20(19)16-29-28(34)21-14-27(33)31(17-21)23-10-12-24(13-11-23)36-18-26(32)30-22-8-5-9-25(15-22)35-2/h3-13,15,21H,14,16-18H2,1-2H3,(H,29,34)(H,30,32)/t21-/m0/s1. The summed E-state index contributed by atoms with van der Waals surface area (Å²) in [7, 11) is 1.56. The summed E-state index contributed by atoms with van der Waals surface area (Å²) in [6.07, 6.45) is 0.169. The molecule has 3 aromatic rings. The van der Waals surface area contributed by atoms with Gasteiger partial charge in [0.25, 0.3) is 5.91 Å². The van der Waals surface area contributed by atoms with E-state index in [1.54, 1.807) is 60.5 Å². The highest BCUT2D eigenvalue weighted by Gasteiger charge is 2.35. The molecule has 1 heterocycles. The number of aryl methyl sites for hydroxylation is 1. The number of ether oxygens (including phenoxy) is 2. The molecule has 3 amide bonds. The molecule has 1 aliphatic rings. The van der Waals surface area contributed by atoms with Crippen molar-refractivity contribution in [2.24, 2.45) is 5.92 Å². The van der Waals surface area contributed by atoms with Crippen LogP contribution in [0, 0.1) is 12.8 Å². The van der Waals surface area contributed by atoms with Crippen LogP contribution in [0.1, 0.15) is 17.5 Å². The molecule has 36 heavy (non-hydrogen) atoms. The van der Waals surface area contributed by atoms with Crippen molar-refractivity contribution >= 4 is 29.1 Å². The molecular weight excluding hydrogens is 458 g/mol. The summed E-state index contributed by atoms with van der Waals surface area (Å²) < 4.78 is 10.7. The largest absolute Gasteiger partial charge is 0.497 e. The van der Waals surface area contributed by atoms with E-state index < -0.39 is 5.92 Å². The first-order valence-corrected chi connectivity index (χ1v) is 11.7. The molecule has 0 saturated carbocycles. The quantitative estimate of drug-likeness (QED) is 0.480. The van der Waals surface area contributed by atoms with Gasteiger partial charge >= 0.3 is 0 Å². The van der Waals surface area contributed by atoms with E-state index >= 15 is 0 Å². The van der Waals surface area contributed by atoms with Crippen LogP contribution in [0.3, 0.4) is 0 Å². The fourth-order valence-electron chi connectivity index (χ4n) is 4.04. The molecule has 186 valence electrons. The Hall–Kier alpha value is -4.33. The van der Waals surface area contributed by atoms with E-state index in [0.717, 1.165) is 11.1 Å². The van der Waals surface area contributed by atoms with Crippen molar-refractivity contribution in [2.75, 3.05) is 30.5 Å². The lowest BCUT2D eigenvalue weighted by Crippen LogP contribution is -2.32. The van der Waals surface area contributed by atoms with Gasteiger partial charge in [0.15, 0.2) is 6.61 Å². The zero-order valence-electron chi connectivity index (χ0n) is 20.3. The van der Waals surface area contributed by atoms with Gasteiger partial charge in [-0.3, -0.25) is 14.4 Å². The first kappa shape index (κ1) is 24.8. The molecule has 0 radical (unpaired) electrons. The maximum absolute atomic E-state index is 12.7. The molecule has 8 nitrogen and oxygen atoms in total. The van der Waals surface area contributed by atoms with Gasteiger partial charge in [-0.2, -0.15) is 0 Å². The zero-order chi connectivity index (χ0) is 25.5. The predicted octanol–water partition coefficient (Wildman–Crippen LogP) is 3.69. The number of anilines is 2. The van der Waals surface area contributed by atoms with Crippen molar-refractivity contribution in [3.8, 4) is 11.5 Å². The minimum atomic E-state index is -0.405. The van der Waals surface area contributed by atoms with E-state index in [2.05, 4.69) is 10.6 Å². The summed E-state index contributed by atoms with van der Waals surface area (Å²) in [6.45, 7) is 2.60. The molecule has 1 aliphatic heterocycles. The fourth-order valence-corrected chi connectivity index (χ4v) is 4.04. The number of methoxy groups -OCH3 is 1. The molecule has 1 fully saturated rings. The van der Waals surface area contributed by atoms with Crippen molar-refractivity contribution in [3.05, 3.63) is 83.9 Å². The summed E-state index contributed by atoms with van der Waals surface area (Å²) in [5.74, 6) is 0.207. The number of rotatable bonds is 9. The maximum Gasteiger partial charge on any atom is 0.262 e. The number of hydrogen-bond acceptors (Lipinski definition) is 5. The van der Waals surface area contributed by atoms with Crippen LogP contribution in [-0.2, 0) is 20.9 Å². The minimum absolute atomic E-state index is 0.0997. The Bertz CT molecular complexity index is 1240. The SMILES string of the molecule is COc1cccc(NC(=O)COc2ccc(N3C[C@@H](C(=O)NCc4ccccc4C)CC3=O)cc2)c1. The second-order valence-corrected chi connectivity index (χ2v) is 8.61. The Kier molecular flexibility index (Phi) is 7.85. The third-order valence-electron chi connectivity index (χ3n) is 6.08. The number of benzene rings is 3. The Morgan fingerprint density at radius 2 is 1.78 bits per heavy atom. The summed E-state index contributed by atoms with van der Waals surface area (Å²) >= 11 is 0. The van der Waals surface area contributed by atoms with Gasteiger partial charge in [0.05, 0.1) is 13.0 Å². The van der Waals surface area contributed by atoms with Crippen molar-refractivity contribution in [1.82, 2.24) is 5.32 Å². The highest BCUT2D eigenvalue weighted by Crippen LogP contribution is 2.27. The summed E-state index contributed by atoms with van der Waals surface area (Å²) in [5, 5.41) is 5.71. The zero-order valence-corrected chi connectivity index (χ0v) is 20.3. The second kappa shape index (κ2) is 11.4. The monoisotopic (exact) mass is 487 g/mol. The molecule has 1 saturated heterocycles. The molecule has 0 bridgehead atoms. The Morgan fingerprint density at radius 3 is 2.53 bits per heavy atom. The third-order valence-corrected chi connectivity index (χ3v) is 6.08. The van der Waals surface area contributed by atoms with Gasteiger partial charge < -0.3 is 25.0 Å². The van der Waals surface area contributed by atoms with Crippen LogP contribution in [0.4, 0.5) is 11.4 Å². The molecule has 0 spiro atoms. The number of hydrogen-bond donors (Lipinski definition) is 2. The number of amides is 3. The number of nitrogens with one attached hydrogen (secondary N) is 2. The lowest BCUT2D eigenvalue weighted by atomic mass is 10.1. The highest BCUT2D eigenvalue weighted by molar-refractivity contribution is 6.00. The van der Waals surface area contributed by atoms with Crippen LogP contribution < -0.4 is 25.0 Å². The van der Waals surface area contributed by atoms with E-state index in [9.17, 15) is 14.4 Å². The van der Waals surface area contributed by atoms with Gasteiger partial charge in [-0.05, 0) is 54.4 Å². The van der Waals surface area contributed by atoms with Crippen molar-refractivity contribution in [2.45, 2.75) is 19.9 Å². The Labute approximate surface area is 210 Å². The van der Waals surface area contributed by atoms with Crippen molar-refractivity contribution in [1.29, 1.82) is 0 Å². The molecule has 1 atom stereocenters. The van der Waals surface area contributed by atoms with Crippen molar-refractivity contribution < 1.29 is 23.9 Å². The van der Waals surface area contributed by atoms with Gasteiger partial charge in [-0.1, -0.05) is 30.3 Å². The smallest absolute Gasteiger partial charge is 0.262 e. The van der Waals surface area contributed by atoms with Crippen LogP contribution in [0.15, 0.2) is 72.8 Å². The number of carbonyl (C=O) groups is 3. The van der Waals surface area contributed by atoms with E-state index in [4.69, 9.17) is 9.47 Å². The van der Waals surface area contributed by atoms with Crippen molar-refractivity contribution in [3.63, 3.8) is 0 Å². The predicted molar refractivity (Wildman–Crippen MR) is 137 cm³/mol. The highest BCUT2D eigenvalue weighted by atomic mass is 16.5. The van der Waals surface area contributed by atoms with E-state index in [0.29, 0.717) is 36.0 Å². The lowest BCUT2D eigenvalue weighted by Gasteiger charge is -2.17. The average molecular weight is 488 g/mol. The number of nitrogens with zero attached hydrogens (tertiary/aromatic N) is 1. The maximum atomic E-state index is 12.7. The molecular formula is C28H29N3O5.